The van der Waals surface area contributed by atoms with E-state index in [1.807, 2.05) is 0 Å². The maximum absolute atomic E-state index is 13.8. The summed E-state index contributed by atoms with van der Waals surface area (Å²) in [7, 11) is -11.1. The average molecular weight is 1260 g/mol. The molecule has 0 radical (unpaired) electrons. The lowest BCUT2D eigenvalue weighted by Gasteiger charge is -2.47. The number of aliphatic hydroxyl groups is 14. The molecule has 2 saturated carbocycles. The Labute approximate surface area is 496 Å². The molecule has 1 amide bonds. The third-order valence-electron chi connectivity index (χ3n) is 16.4. The molecule has 0 aromatic carbocycles. The van der Waals surface area contributed by atoms with Crippen LogP contribution in [0.25, 0.3) is 0 Å². The highest BCUT2D eigenvalue weighted by Crippen LogP contribution is 2.49. The van der Waals surface area contributed by atoms with Crippen LogP contribution in [-0.4, -0.2) is 223 Å². The molecule has 0 bridgehead atoms. The predicted molar refractivity (Wildman–Crippen MR) is 305 cm³/mol. The lowest BCUT2D eigenvalue weighted by atomic mass is 9.84. The number of aliphatic hydroxyl groups excluding tert-OH is 14. The van der Waals surface area contributed by atoms with Crippen LogP contribution in [0.5, 0.6) is 0 Å². The highest BCUT2D eigenvalue weighted by atomic mass is 31.2. The van der Waals surface area contributed by atoms with Crippen molar-refractivity contribution in [1.82, 2.24) is 5.32 Å². The second-order valence-corrected chi connectivity index (χ2v) is 26.3. The number of hydrogen-bond donors (Lipinski definition) is 17. The molecule has 2 aliphatic carbocycles. The normalized spacial score (nSPS) is 32.8. The van der Waals surface area contributed by atoms with E-state index in [1.54, 1.807) is 0 Å². The van der Waals surface area contributed by atoms with E-state index in [9.17, 15) is 95.2 Å². The molecule has 3 aliphatic rings. The predicted octanol–water partition coefficient (Wildman–Crippen LogP) is 2.80. The fraction of sp³-hybridized carbons (Fsp3) is 0.982. The van der Waals surface area contributed by atoms with Crippen molar-refractivity contribution < 1.29 is 123 Å². The minimum Gasteiger partial charge on any atom is -0.390 e. The summed E-state index contributed by atoms with van der Waals surface area (Å²) in [4.78, 5) is 34.9. The molecule has 13 unspecified atom stereocenters. The van der Waals surface area contributed by atoms with Crippen LogP contribution in [0.4, 0.5) is 0 Å². The smallest absolute Gasteiger partial charge is 0.390 e. The Balaban J connectivity index is 1.64. The van der Waals surface area contributed by atoms with Gasteiger partial charge in [-0.1, -0.05) is 194 Å². The Hall–Kier alpha value is -0.950. The molecule has 1 aliphatic heterocycles. The first kappa shape index (κ1) is 77.3. The number of unbranched alkanes of at least 4 members (excludes halogenated alkanes) is 27. The molecule has 0 aromatic heterocycles. The monoisotopic (exact) mass is 1260 g/mol. The average Bonchev–Trinajstić information content (AvgIpc) is 1.60. The first-order valence-corrected chi connectivity index (χ1v) is 34.3. The summed E-state index contributed by atoms with van der Waals surface area (Å²) in [5.74, 6) is -0.551. The van der Waals surface area contributed by atoms with Crippen molar-refractivity contribution in [2.45, 2.75) is 335 Å². The summed E-state index contributed by atoms with van der Waals surface area (Å²) in [6.07, 6.45) is -9.10. The number of carbonyl (C=O) groups excluding carboxylic acids is 1. The molecule has 84 heavy (non-hydrogen) atoms. The van der Waals surface area contributed by atoms with Gasteiger partial charge in [-0.3, -0.25) is 22.9 Å². The summed E-state index contributed by atoms with van der Waals surface area (Å²) in [6, 6.07) is -1.51. The molecule has 1 heterocycles. The van der Waals surface area contributed by atoms with Gasteiger partial charge in [0.2, 0.25) is 5.91 Å². The number of carbonyl (C=O) groups is 1. The van der Waals surface area contributed by atoms with Crippen LogP contribution in [0, 0.1) is 0 Å². The Morgan fingerprint density at radius 1 is 0.440 bits per heavy atom. The topological polar surface area (TPSA) is 442 Å². The van der Waals surface area contributed by atoms with E-state index in [2.05, 4.69) is 19.2 Å². The largest absolute Gasteiger partial charge is 0.472 e. The van der Waals surface area contributed by atoms with Gasteiger partial charge in [0.25, 0.3) is 0 Å². The number of hydrogen-bond acceptors (Lipinski definition) is 23. The Kier molecular flexibility index (Phi) is 38.1. The fourth-order valence-corrected chi connectivity index (χ4v) is 12.9. The zero-order valence-corrected chi connectivity index (χ0v) is 51.4. The summed E-state index contributed by atoms with van der Waals surface area (Å²) in [5.41, 5.74) is 0. The van der Waals surface area contributed by atoms with Gasteiger partial charge >= 0.3 is 15.6 Å². The Morgan fingerprint density at radius 3 is 1.23 bits per heavy atom. The van der Waals surface area contributed by atoms with Gasteiger partial charge < -0.3 is 96.1 Å². The van der Waals surface area contributed by atoms with Crippen molar-refractivity contribution >= 4 is 21.6 Å². The molecule has 3 fully saturated rings. The van der Waals surface area contributed by atoms with Crippen molar-refractivity contribution in [3.63, 3.8) is 0 Å². The maximum Gasteiger partial charge on any atom is 0.472 e. The van der Waals surface area contributed by atoms with Crippen LogP contribution in [0.1, 0.15) is 213 Å². The van der Waals surface area contributed by atoms with Gasteiger partial charge in [-0.2, -0.15) is 0 Å². The molecule has 28 heteroatoms. The first-order valence-electron chi connectivity index (χ1n) is 31.3. The van der Waals surface area contributed by atoms with Crippen LogP contribution in [0.2, 0.25) is 0 Å². The Bertz CT molecular complexity index is 1820. The van der Waals surface area contributed by atoms with Gasteiger partial charge in [0.05, 0.1) is 25.4 Å². The van der Waals surface area contributed by atoms with Crippen LogP contribution >= 0.6 is 15.6 Å². The third kappa shape index (κ3) is 27.3. The van der Waals surface area contributed by atoms with E-state index in [1.165, 1.54) is 109 Å². The van der Waals surface area contributed by atoms with E-state index in [4.69, 9.17) is 27.6 Å². The molecular weight excluding hydrogens is 1150 g/mol. The second kappa shape index (κ2) is 41.4. The van der Waals surface area contributed by atoms with Crippen LogP contribution in [0.15, 0.2) is 0 Å². The van der Waals surface area contributed by atoms with E-state index < -0.39 is 157 Å². The quantitative estimate of drug-likeness (QED) is 0.0308. The van der Waals surface area contributed by atoms with Gasteiger partial charge in [0.15, 0.2) is 6.29 Å². The van der Waals surface area contributed by atoms with Gasteiger partial charge in [-0.25, -0.2) is 9.13 Å². The summed E-state index contributed by atoms with van der Waals surface area (Å²) >= 11 is 0. The van der Waals surface area contributed by atoms with E-state index >= 15 is 0 Å². The van der Waals surface area contributed by atoms with Crippen molar-refractivity contribution in [2.75, 3.05) is 13.2 Å². The SMILES string of the molecule is CCCCCCCCCCCCCCCCCC(=O)N[C@@H](COP(=O)(O)O[C@H]1C(O)C(O)C(O)[C@@H](O)C1O[C@H]1O[C@H](COP(=O)(O)OC2C(O)C(O)C(O)[C@@H](O)C2O)[C@@H](O)C(O)C1O)[C@H](O)[C@H](O)CCCCCCCCCCCCCCCC. The van der Waals surface area contributed by atoms with Gasteiger partial charge in [0.1, 0.15) is 104 Å². The van der Waals surface area contributed by atoms with Gasteiger partial charge in [-0.15, -0.1) is 0 Å². The number of phosphoric acid groups is 2. The molecule has 0 aromatic rings. The van der Waals surface area contributed by atoms with Gasteiger partial charge in [0, 0.05) is 6.42 Å². The minimum absolute atomic E-state index is 0.0205. The van der Waals surface area contributed by atoms with E-state index in [0.717, 1.165) is 64.2 Å². The highest BCUT2D eigenvalue weighted by molar-refractivity contribution is 7.47. The van der Waals surface area contributed by atoms with Crippen LogP contribution in [-0.2, 0) is 41.5 Å². The van der Waals surface area contributed by atoms with E-state index in [-0.39, 0.29) is 12.8 Å². The number of nitrogens with one attached hydrogen (secondary N) is 1. The number of ether oxygens (including phenoxy) is 2. The summed E-state index contributed by atoms with van der Waals surface area (Å²) in [5, 5.41) is 151. The van der Waals surface area contributed by atoms with Crippen molar-refractivity contribution in [1.29, 1.82) is 0 Å². The molecule has 17 N–H and O–H groups in total. The Morgan fingerprint density at radius 2 is 0.786 bits per heavy atom. The van der Waals surface area contributed by atoms with Crippen molar-refractivity contribution in [2.24, 2.45) is 0 Å². The van der Waals surface area contributed by atoms with Crippen LogP contribution in [0.3, 0.4) is 0 Å². The molecule has 26 nitrogen and oxygen atoms in total. The fourth-order valence-electron chi connectivity index (χ4n) is 11.0. The summed E-state index contributed by atoms with van der Waals surface area (Å²) in [6.45, 7) is 2.19. The van der Waals surface area contributed by atoms with Crippen LogP contribution < -0.4 is 5.32 Å². The highest BCUT2D eigenvalue weighted by Gasteiger charge is 2.56. The molecule has 3 rings (SSSR count). The molecule has 498 valence electrons. The zero-order chi connectivity index (χ0) is 62.4. The number of amides is 1. The minimum atomic E-state index is -5.60. The van der Waals surface area contributed by atoms with E-state index in [0.29, 0.717) is 12.8 Å². The molecular formula is C56H109NO25P2. The van der Waals surface area contributed by atoms with Crippen molar-refractivity contribution in [3.8, 4) is 0 Å². The zero-order valence-electron chi connectivity index (χ0n) is 49.6. The molecule has 22 atom stereocenters. The van der Waals surface area contributed by atoms with Crippen molar-refractivity contribution in [3.05, 3.63) is 0 Å². The number of phosphoric ester groups is 2. The number of rotatable bonds is 46. The molecule has 1 saturated heterocycles. The maximum atomic E-state index is 13.8. The third-order valence-corrected chi connectivity index (χ3v) is 18.4. The first-order chi connectivity index (χ1) is 39.9. The van der Waals surface area contributed by atoms with Gasteiger partial charge in [-0.05, 0) is 12.8 Å². The summed E-state index contributed by atoms with van der Waals surface area (Å²) < 4.78 is 57.8. The molecule has 0 spiro atoms. The second-order valence-electron chi connectivity index (χ2n) is 23.5. The standard InChI is InChI=1S/C56H109NO25P2/c1-3-5-7-9-11-13-15-17-19-21-23-25-27-29-31-33-39(59)57-36(40(60)37(58)32-30-28-26-24-22-20-18-16-14-12-10-8-6-4-2)34-77-83(73,74)82-55-51(71)47(67)46(66)50(70)54(55)80-56-52(72)42(62)41(61)38(79-56)35-78-84(75,76)81-53-48(68)44(64)43(63)45(65)49(53)69/h36-38,40-56,58,60-72H,3-35H2,1-2H3,(H,57,59)(H,73,74)(H,75,76)/t36-,37+,38+,40-,41+,42?,43?,44+,45?,46?,47?,48?,49?,50+,51?,52?,53?,54?,55-,56+/m0/s1. The lowest BCUT2D eigenvalue weighted by molar-refractivity contribution is -0.337. The lowest BCUT2D eigenvalue weighted by Crippen LogP contribution is -2.67.